The molecular formula is C17H21N3O3S. The smallest absolute Gasteiger partial charge is 0.229 e. The van der Waals surface area contributed by atoms with E-state index in [2.05, 4.69) is 9.88 Å². The van der Waals surface area contributed by atoms with Crippen LogP contribution in [-0.4, -0.2) is 61.8 Å². The Balaban J connectivity index is 1.41. The minimum atomic E-state index is 0.0918. The van der Waals surface area contributed by atoms with Crippen molar-refractivity contribution in [1.29, 1.82) is 0 Å². The first-order chi connectivity index (χ1) is 11.7. The van der Waals surface area contributed by atoms with Crippen molar-refractivity contribution in [3.63, 3.8) is 0 Å². The number of carbonyl (C=O) groups excluding carboxylic acids is 1. The number of nitrogens with zero attached hydrogens (tertiary/aromatic N) is 3. The zero-order valence-corrected chi connectivity index (χ0v) is 14.6. The Labute approximate surface area is 145 Å². The van der Waals surface area contributed by atoms with Crippen molar-refractivity contribution in [3.05, 3.63) is 18.2 Å². The quantitative estimate of drug-likeness (QED) is 0.847. The number of rotatable bonds is 4. The van der Waals surface area contributed by atoms with Gasteiger partial charge in [-0.3, -0.25) is 4.79 Å². The SMILES string of the molecule is CCOc1ccc2nc(N3CC(C(=O)N4CCOCC4)C3)sc2c1. The van der Waals surface area contributed by atoms with Crippen LogP contribution < -0.4 is 9.64 Å². The van der Waals surface area contributed by atoms with Gasteiger partial charge in [0, 0.05) is 26.2 Å². The highest BCUT2D eigenvalue weighted by Gasteiger charge is 2.37. The predicted molar refractivity (Wildman–Crippen MR) is 93.9 cm³/mol. The molecule has 2 fully saturated rings. The number of ether oxygens (including phenoxy) is 2. The summed E-state index contributed by atoms with van der Waals surface area (Å²) >= 11 is 1.66. The zero-order chi connectivity index (χ0) is 16.5. The zero-order valence-electron chi connectivity index (χ0n) is 13.7. The lowest BCUT2D eigenvalue weighted by Crippen LogP contribution is -2.56. The molecule has 0 N–H and O–H groups in total. The van der Waals surface area contributed by atoms with Crippen LogP contribution in [0.15, 0.2) is 18.2 Å². The second-order valence-electron chi connectivity index (χ2n) is 6.10. The molecular weight excluding hydrogens is 326 g/mol. The third kappa shape index (κ3) is 2.93. The van der Waals surface area contributed by atoms with Gasteiger partial charge < -0.3 is 19.3 Å². The number of amides is 1. The van der Waals surface area contributed by atoms with Crippen molar-refractivity contribution < 1.29 is 14.3 Å². The molecule has 1 aromatic heterocycles. The number of aromatic nitrogens is 1. The van der Waals surface area contributed by atoms with Gasteiger partial charge in [0.05, 0.1) is 36.0 Å². The molecule has 6 nitrogen and oxygen atoms in total. The molecule has 24 heavy (non-hydrogen) atoms. The molecule has 3 heterocycles. The van der Waals surface area contributed by atoms with Crippen LogP contribution in [-0.2, 0) is 9.53 Å². The van der Waals surface area contributed by atoms with E-state index in [0.717, 1.165) is 47.3 Å². The Bertz CT molecular complexity index is 736. The maximum Gasteiger partial charge on any atom is 0.229 e. The molecule has 0 atom stereocenters. The minimum Gasteiger partial charge on any atom is -0.494 e. The third-order valence-electron chi connectivity index (χ3n) is 4.48. The van der Waals surface area contributed by atoms with Gasteiger partial charge in [0.25, 0.3) is 0 Å². The average molecular weight is 347 g/mol. The number of fused-ring (bicyclic) bond motifs is 1. The van der Waals surface area contributed by atoms with Gasteiger partial charge >= 0.3 is 0 Å². The number of hydrogen-bond acceptors (Lipinski definition) is 6. The summed E-state index contributed by atoms with van der Waals surface area (Å²) in [6.07, 6.45) is 0. The molecule has 2 aromatic rings. The van der Waals surface area contributed by atoms with E-state index < -0.39 is 0 Å². The maximum absolute atomic E-state index is 12.5. The summed E-state index contributed by atoms with van der Waals surface area (Å²) in [4.78, 5) is 21.3. The Morgan fingerprint density at radius 1 is 1.38 bits per heavy atom. The topological polar surface area (TPSA) is 54.9 Å². The predicted octanol–water partition coefficient (Wildman–Crippen LogP) is 1.99. The second kappa shape index (κ2) is 6.57. The summed E-state index contributed by atoms with van der Waals surface area (Å²) in [7, 11) is 0. The molecule has 128 valence electrons. The molecule has 0 bridgehead atoms. The standard InChI is InChI=1S/C17H21N3O3S/c1-2-23-13-3-4-14-15(9-13)24-17(18-14)20-10-12(11-20)16(21)19-5-7-22-8-6-19/h3-4,9,12H,2,5-8,10-11H2,1H3. The molecule has 1 amide bonds. The van der Waals surface area contributed by atoms with Crippen LogP contribution in [0.1, 0.15) is 6.92 Å². The Hall–Kier alpha value is -1.86. The Morgan fingerprint density at radius 2 is 2.17 bits per heavy atom. The second-order valence-corrected chi connectivity index (χ2v) is 7.11. The number of carbonyl (C=O) groups is 1. The summed E-state index contributed by atoms with van der Waals surface area (Å²) in [6, 6.07) is 5.99. The van der Waals surface area contributed by atoms with E-state index in [1.165, 1.54) is 0 Å². The van der Waals surface area contributed by atoms with Crippen LogP contribution in [0.25, 0.3) is 10.2 Å². The molecule has 0 unspecified atom stereocenters. The first kappa shape index (κ1) is 15.7. The van der Waals surface area contributed by atoms with Gasteiger partial charge in [-0.2, -0.15) is 0 Å². The van der Waals surface area contributed by atoms with Crippen molar-refractivity contribution >= 4 is 32.6 Å². The van der Waals surface area contributed by atoms with E-state index in [1.54, 1.807) is 11.3 Å². The van der Waals surface area contributed by atoms with Crippen LogP contribution in [0.3, 0.4) is 0 Å². The fourth-order valence-electron chi connectivity index (χ4n) is 3.12. The lowest BCUT2D eigenvalue weighted by atomic mass is 9.99. The van der Waals surface area contributed by atoms with Crippen LogP contribution >= 0.6 is 11.3 Å². The molecule has 1 aromatic carbocycles. The molecule has 4 rings (SSSR count). The summed E-state index contributed by atoms with van der Waals surface area (Å²) in [5.41, 5.74) is 0.987. The summed E-state index contributed by atoms with van der Waals surface area (Å²) < 4.78 is 12.0. The average Bonchev–Trinajstić information content (AvgIpc) is 2.97. The Kier molecular flexibility index (Phi) is 4.28. The van der Waals surface area contributed by atoms with E-state index in [4.69, 9.17) is 9.47 Å². The van der Waals surface area contributed by atoms with E-state index >= 15 is 0 Å². The molecule has 2 aliphatic rings. The van der Waals surface area contributed by atoms with Crippen molar-refractivity contribution in [2.75, 3.05) is 50.9 Å². The highest BCUT2D eigenvalue weighted by molar-refractivity contribution is 7.22. The number of benzene rings is 1. The molecule has 0 saturated carbocycles. The lowest BCUT2D eigenvalue weighted by molar-refractivity contribution is -0.140. The van der Waals surface area contributed by atoms with E-state index in [0.29, 0.717) is 19.8 Å². The van der Waals surface area contributed by atoms with Crippen molar-refractivity contribution in [3.8, 4) is 5.75 Å². The van der Waals surface area contributed by atoms with Gasteiger partial charge in [-0.15, -0.1) is 0 Å². The third-order valence-corrected chi connectivity index (χ3v) is 5.56. The van der Waals surface area contributed by atoms with Gasteiger partial charge in [0.15, 0.2) is 5.13 Å². The maximum atomic E-state index is 12.5. The summed E-state index contributed by atoms with van der Waals surface area (Å²) in [5, 5.41) is 0.990. The minimum absolute atomic E-state index is 0.0918. The van der Waals surface area contributed by atoms with Crippen LogP contribution in [0.2, 0.25) is 0 Å². The molecule has 2 saturated heterocycles. The van der Waals surface area contributed by atoms with Crippen LogP contribution in [0.4, 0.5) is 5.13 Å². The van der Waals surface area contributed by atoms with E-state index in [9.17, 15) is 4.79 Å². The number of thiazole rings is 1. The molecule has 0 aliphatic carbocycles. The van der Waals surface area contributed by atoms with Gasteiger partial charge in [-0.05, 0) is 25.1 Å². The number of hydrogen-bond donors (Lipinski definition) is 0. The number of anilines is 1. The molecule has 2 aliphatic heterocycles. The number of morpholine rings is 1. The van der Waals surface area contributed by atoms with Gasteiger partial charge in [0.1, 0.15) is 5.75 Å². The van der Waals surface area contributed by atoms with E-state index in [1.807, 2.05) is 30.0 Å². The largest absolute Gasteiger partial charge is 0.494 e. The fraction of sp³-hybridized carbons (Fsp3) is 0.529. The molecule has 0 spiro atoms. The first-order valence-corrected chi connectivity index (χ1v) is 9.21. The molecule has 0 radical (unpaired) electrons. The Morgan fingerprint density at radius 3 is 2.92 bits per heavy atom. The van der Waals surface area contributed by atoms with Crippen molar-refractivity contribution in [2.24, 2.45) is 5.92 Å². The van der Waals surface area contributed by atoms with Gasteiger partial charge in [0.2, 0.25) is 5.91 Å². The van der Waals surface area contributed by atoms with Crippen LogP contribution in [0.5, 0.6) is 5.75 Å². The highest BCUT2D eigenvalue weighted by Crippen LogP contribution is 2.35. The van der Waals surface area contributed by atoms with Gasteiger partial charge in [-0.1, -0.05) is 11.3 Å². The van der Waals surface area contributed by atoms with Crippen molar-refractivity contribution in [2.45, 2.75) is 6.92 Å². The van der Waals surface area contributed by atoms with Gasteiger partial charge in [-0.25, -0.2) is 4.98 Å². The fourth-order valence-corrected chi connectivity index (χ4v) is 4.13. The summed E-state index contributed by atoms with van der Waals surface area (Å²) in [5.74, 6) is 1.23. The van der Waals surface area contributed by atoms with Crippen LogP contribution in [0, 0.1) is 5.92 Å². The highest BCUT2D eigenvalue weighted by atomic mass is 32.1. The molecule has 7 heteroatoms. The summed E-state index contributed by atoms with van der Waals surface area (Å²) in [6.45, 7) is 6.91. The van der Waals surface area contributed by atoms with Crippen molar-refractivity contribution in [1.82, 2.24) is 9.88 Å². The first-order valence-electron chi connectivity index (χ1n) is 8.39. The monoisotopic (exact) mass is 347 g/mol. The lowest BCUT2D eigenvalue weighted by Gasteiger charge is -2.41. The van der Waals surface area contributed by atoms with E-state index in [-0.39, 0.29) is 11.8 Å². The normalized spacial score (nSPS) is 18.7.